The maximum Gasteiger partial charge on any atom is 0.303 e. The molecule has 2 aromatic rings. The van der Waals surface area contributed by atoms with Crippen molar-refractivity contribution >= 4 is 45.4 Å². The minimum absolute atomic E-state index is 0.0746. The van der Waals surface area contributed by atoms with Crippen molar-refractivity contribution in [3.63, 3.8) is 0 Å². The monoisotopic (exact) mass is 259 g/mol. The van der Waals surface area contributed by atoms with Gasteiger partial charge in [-0.2, -0.15) is 4.37 Å². The van der Waals surface area contributed by atoms with Gasteiger partial charge in [0.25, 0.3) is 5.69 Å². The summed E-state index contributed by atoms with van der Waals surface area (Å²) in [6.07, 6.45) is 0. The van der Waals surface area contributed by atoms with Crippen molar-refractivity contribution in [2.45, 2.75) is 0 Å². The number of non-ortho nitro benzene ring substituents is 2. The van der Waals surface area contributed by atoms with Gasteiger partial charge in [0.15, 0.2) is 5.52 Å². The fourth-order valence-electron chi connectivity index (χ4n) is 1.23. The molecule has 0 bridgehead atoms. The van der Waals surface area contributed by atoms with E-state index in [-0.39, 0.29) is 20.9 Å². The second kappa shape index (κ2) is 3.65. The van der Waals surface area contributed by atoms with Gasteiger partial charge in [0.05, 0.1) is 15.9 Å². The number of rotatable bonds is 2. The zero-order valence-electron chi connectivity index (χ0n) is 7.42. The normalized spacial score (nSPS) is 10.6. The smallest absolute Gasteiger partial charge is 0.258 e. The summed E-state index contributed by atoms with van der Waals surface area (Å²) in [5, 5.41) is 21.5. The van der Waals surface area contributed by atoms with Crippen LogP contribution in [0, 0.1) is 20.2 Å². The predicted molar refractivity (Wildman–Crippen MR) is 57.9 cm³/mol. The van der Waals surface area contributed by atoms with E-state index in [1.807, 2.05) is 0 Å². The molecule has 82 valence electrons. The highest BCUT2D eigenvalue weighted by Gasteiger charge is 2.22. The Hall–Kier alpha value is -1.80. The van der Waals surface area contributed by atoms with Gasteiger partial charge in [0.1, 0.15) is 4.34 Å². The van der Waals surface area contributed by atoms with Gasteiger partial charge in [-0.3, -0.25) is 20.2 Å². The lowest BCUT2D eigenvalue weighted by Gasteiger charge is -1.94. The van der Waals surface area contributed by atoms with Crippen LogP contribution in [0.1, 0.15) is 0 Å². The van der Waals surface area contributed by atoms with E-state index in [0.717, 1.165) is 17.6 Å². The van der Waals surface area contributed by atoms with Gasteiger partial charge < -0.3 is 0 Å². The van der Waals surface area contributed by atoms with Crippen LogP contribution in [-0.2, 0) is 0 Å². The molecular formula is C7H2ClN3O4S. The minimum atomic E-state index is -0.717. The Balaban J connectivity index is 2.86. The Morgan fingerprint density at radius 1 is 1.25 bits per heavy atom. The van der Waals surface area contributed by atoms with Crippen LogP contribution in [-0.4, -0.2) is 14.2 Å². The van der Waals surface area contributed by atoms with Gasteiger partial charge in [0, 0.05) is 11.5 Å². The molecule has 0 spiro atoms. The number of hydrogen-bond acceptors (Lipinski definition) is 6. The van der Waals surface area contributed by atoms with E-state index in [0.29, 0.717) is 0 Å². The number of nitro benzene ring substituents is 2. The van der Waals surface area contributed by atoms with Crippen LogP contribution < -0.4 is 0 Å². The van der Waals surface area contributed by atoms with Gasteiger partial charge >= 0.3 is 5.69 Å². The third-order valence-corrected chi connectivity index (χ3v) is 2.98. The molecule has 0 saturated heterocycles. The SMILES string of the molecule is O=[N+]([O-])c1cc([N+](=O)[O-])c2nsc(Cl)c2c1. The quantitative estimate of drug-likeness (QED) is 0.610. The van der Waals surface area contributed by atoms with Gasteiger partial charge in [0.2, 0.25) is 0 Å². The first kappa shape index (κ1) is 10.7. The fourth-order valence-corrected chi connectivity index (χ4v) is 2.09. The van der Waals surface area contributed by atoms with Gasteiger partial charge in [-0.1, -0.05) is 11.6 Å². The van der Waals surface area contributed by atoms with Gasteiger partial charge in [-0.15, -0.1) is 0 Å². The van der Waals surface area contributed by atoms with Crippen molar-refractivity contribution in [1.29, 1.82) is 0 Å². The number of benzene rings is 1. The molecule has 0 aliphatic carbocycles. The topological polar surface area (TPSA) is 99.2 Å². The zero-order chi connectivity index (χ0) is 11.9. The molecule has 0 aliphatic rings. The maximum absolute atomic E-state index is 10.7. The molecule has 16 heavy (non-hydrogen) atoms. The average Bonchev–Trinajstić information content (AvgIpc) is 2.59. The Morgan fingerprint density at radius 2 is 1.94 bits per heavy atom. The first-order valence-electron chi connectivity index (χ1n) is 3.88. The van der Waals surface area contributed by atoms with Crippen molar-refractivity contribution in [1.82, 2.24) is 4.37 Å². The molecule has 0 atom stereocenters. The summed E-state index contributed by atoms with van der Waals surface area (Å²) < 4.78 is 3.98. The van der Waals surface area contributed by atoms with E-state index in [2.05, 4.69) is 4.37 Å². The lowest BCUT2D eigenvalue weighted by atomic mass is 10.2. The fraction of sp³-hybridized carbons (Fsp3) is 0. The molecule has 0 radical (unpaired) electrons. The van der Waals surface area contributed by atoms with Crippen molar-refractivity contribution in [2.75, 3.05) is 0 Å². The highest BCUT2D eigenvalue weighted by atomic mass is 35.5. The van der Waals surface area contributed by atoms with Gasteiger partial charge in [-0.25, -0.2) is 0 Å². The average molecular weight is 260 g/mol. The van der Waals surface area contributed by atoms with Crippen molar-refractivity contribution in [3.05, 3.63) is 36.7 Å². The molecule has 9 heteroatoms. The summed E-state index contributed by atoms with van der Waals surface area (Å²) >= 11 is 6.59. The van der Waals surface area contributed by atoms with Crippen LogP contribution in [0.5, 0.6) is 0 Å². The van der Waals surface area contributed by atoms with E-state index >= 15 is 0 Å². The summed E-state index contributed by atoms with van der Waals surface area (Å²) in [6, 6.07) is 2.05. The third-order valence-electron chi connectivity index (χ3n) is 1.91. The lowest BCUT2D eigenvalue weighted by molar-refractivity contribution is -0.393. The first-order valence-corrected chi connectivity index (χ1v) is 5.03. The number of hydrogen-bond donors (Lipinski definition) is 0. The molecule has 0 fully saturated rings. The second-order valence-electron chi connectivity index (χ2n) is 2.83. The minimum Gasteiger partial charge on any atom is -0.258 e. The first-order chi connectivity index (χ1) is 7.50. The van der Waals surface area contributed by atoms with E-state index in [1.54, 1.807) is 0 Å². The lowest BCUT2D eigenvalue weighted by Crippen LogP contribution is -1.93. The molecule has 0 N–H and O–H groups in total. The maximum atomic E-state index is 10.7. The summed E-state index contributed by atoms with van der Waals surface area (Å²) in [6.45, 7) is 0. The molecule has 0 amide bonds. The summed E-state index contributed by atoms with van der Waals surface area (Å²) in [5.41, 5.74) is -0.709. The van der Waals surface area contributed by atoms with Crippen molar-refractivity contribution in [3.8, 4) is 0 Å². The summed E-state index contributed by atoms with van der Waals surface area (Å²) in [5.74, 6) is 0. The zero-order valence-corrected chi connectivity index (χ0v) is 8.99. The molecule has 0 aliphatic heterocycles. The number of nitro groups is 2. The molecule has 1 aromatic heterocycles. The molecule has 2 rings (SSSR count). The second-order valence-corrected chi connectivity index (χ2v) is 4.21. The number of halogens is 1. The molecular weight excluding hydrogens is 258 g/mol. The number of fused-ring (bicyclic) bond motifs is 1. The highest BCUT2D eigenvalue weighted by Crippen LogP contribution is 2.36. The molecule has 1 aromatic carbocycles. The molecule has 1 heterocycles. The third kappa shape index (κ3) is 1.57. The van der Waals surface area contributed by atoms with Crippen molar-refractivity contribution in [2.24, 2.45) is 0 Å². The molecule has 0 unspecified atom stereocenters. The Labute approximate surface area is 96.7 Å². The van der Waals surface area contributed by atoms with Crippen LogP contribution in [0.2, 0.25) is 4.34 Å². The van der Waals surface area contributed by atoms with Crippen molar-refractivity contribution < 1.29 is 9.85 Å². The predicted octanol–water partition coefficient (Wildman–Crippen LogP) is 2.77. The van der Waals surface area contributed by atoms with Crippen LogP contribution in [0.4, 0.5) is 11.4 Å². The van der Waals surface area contributed by atoms with E-state index in [4.69, 9.17) is 11.6 Å². The Morgan fingerprint density at radius 3 is 2.50 bits per heavy atom. The van der Waals surface area contributed by atoms with Gasteiger partial charge in [-0.05, 0) is 11.5 Å². The van der Waals surface area contributed by atoms with Crippen LogP contribution >= 0.6 is 23.1 Å². The van der Waals surface area contributed by atoms with Crippen LogP contribution in [0.15, 0.2) is 12.1 Å². The number of aromatic nitrogens is 1. The summed E-state index contributed by atoms with van der Waals surface area (Å²) in [4.78, 5) is 19.9. The van der Waals surface area contributed by atoms with E-state index in [1.165, 1.54) is 6.07 Å². The highest BCUT2D eigenvalue weighted by molar-refractivity contribution is 7.12. The van der Waals surface area contributed by atoms with Crippen LogP contribution in [0.3, 0.4) is 0 Å². The molecule has 7 nitrogen and oxygen atoms in total. The Bertz CT molecular complexity index is 611. The molecule has 0 saturated carbocycles. The van der Waals surface area contributed by atoms with E-state index in [9.17, 15) is 20.2 Å². The largest absolute Gasteiger partial charge is 0.303 e. The van der Waals surface area contributed by atoms with E-state index < -0.39 is 15.5 Å². The number of nitrogens with zero attached hydrogens (tertiary/aromatic N) is 3. The van der Waals surface area contributed by atoms with Crippen LogP contribution in [0.25, 0.3) is 10.9 Å². The summed E-state index contributed by atoms with van der Waals surface area (Å²) in [7, 11) is 0. The standard InChI is InChI=1S/C7H2ClN3O4S/c8-7-4-1-3(10(12)13)2-5(11(14)15)6(4)9-16-7/h1-2H. The Kier molecular flexibility index (Phi) is 2.44.